The van der Waals surface area contributed by atoms with E-state index in [-0.39, 0.29) is 11.4 Å². The summed E-state index contributed by atoms with van der Waals surface area (Å²) in [5, 5.41) is 9.00. The van der Waals surface area contributed by atoms with Gasteiger partial charge < -0.3 is 9.64 Å². The van der Waals surface area contributed by atoms with E-state index in [4.69, 9.17) is 10.00 Å². The van der Waals surface area contributed by atoms with E-state index in [2.05, 4.69) is 6.07 Å². The largest absolute Gasteiger partial charge is 0.377 e. The molecule has 0 radical (unpaired) electrons. The van der Waals surface area contributed by atoms with Crippen LogP contribution in [-0.4, -0.2) is 36.1 Å². The summed E-state index contributed by atoms with van der Waals surface area (Å²) < 4.78 is 5.36. The van der Waals surface area contributed by atoms with E-state index in [1.165, 1.54) is 0 Å². The third-order valence-corrected chi connectivity index (χ3v) is 3.26. The molecule has 0 bridgehead atoms. The number of nitrogens with zero attached hydrogens (tertiary/aromatic N) is 2. The van der Waals surface area contributed by atoms with Crippen LogP contribution in [0.1, 0.15) is 26.7 Å². The summed E-state index contributed by atoms with van der Waals surface area (Å²) in [5.41, 5.74) is -0.976. The molecular formula is C11H16N2O2. The summed E-state index contributed by atoms with van der Waals surface area (Å²) in [5.74, 6) is -0.00157. The molecule has 1 saturated carbocycles. The lowest BCUT2D eigenvalue weighted by Gasteiger charge is -2.43. The fourth-order valence-electron chi connectivity index (χ4n) is 1.99. The van der Waals surface area contributed by atoms with Gasteiger partial charge in [-0.05, 0) is 26.7 Å². The molecule has 1 heterocycles. The summed E-state index contributed by atoms with van der Waals surface area (Å²) in [7, 11) is 0. The van der Waals surface area contributed by atoms with Crippen LogP contribution in [-0.2, 0) is 9.53 Å². The molecule has 0 aromatic carbocycles. The number of hydrogen-bond acceptors (Lipinski definition) is 3. The Labute approximate surface area is 89.8 Å². The predicted molar refractivity (Wildman–Crippen MR) is 53.9 cm³/mol. The van der Waals surface area contributed by atoms with E-state index in [9.17, 15) is 4.79 Å². The Morgan fingerprint density at radius 2 is 2.13 bits per heavy atom. The summed E-state index contributed by atoms with van der Waals surface area (Å²) in [6, 6.07) is 2.16. The van der Waals surface area contributed by atoms with E-state index in [0.29, 0.717) is 19.8 Å². The minimum atomic E-state index is -0.700. The lowest BCUT2D eigenvalue weighted by Crippen LogP contribution is -2.57. The molecule has 15 heavy (non-hydrogen) atoms. The molecule has 0 atom stereocenters. The number of ether oxygens (including phenoxy) is 1. The zero-order valence-corrected chi connectivity index (χ0v) is 9.25. The van der Waals surface area contributed by atoms with Crippen molar-refractivity contribution in [2.75, 3.05) is 19.8 Å². The zero-order chi connectivity index (χ0) is 11.1. The lowest BCUT2D eigenvalue weighted by molar-refractivity contribution is -0.150. The zero-order valence-electron chi connectivity index (χ0n) is 9.25. The molecule has 1 aliphatic carbocycles. The van der Waals surface area contributed by atoms with Gasteiger partial charge in [-0.3, -0.25) is 4.79 Å². The van der Waals surface area contributed by atoms with Gasteiger partial charge in [0, 0.05) is 6.54 Å². The van der Waals surface area contributed by atoms with Crippen LogP contribution >= 0.6 is 0 Å². The maximum atomic E-state index is 12.2. The van der Waals surface area contributed by atoms with Gasteiger partial charge in [-0.1, -0.05) is 0 Å². The average Bonchev–Trinajstić information content (AvgIpc) is 2.97. The maximum absolute atomic E-state index is 12.2. The van der Waals surface area contributed by atoms with Crippen molar-refractivity contribution in [1.82, 2.24) is 4.90 Å². The van der Waals surface area contributed by atoms with Crippen molar-refractivity contribution in [2.45, 2.75) is 32.2 Å². The van der Waals surface area contributed by atoms with Crippen molar-refractivity contribution in [3.63, 3.8) is 0 Å². The molecule has 1 amide bonds. The number of rotatable bonds is 1. The van der Waals surface area contributed by atoms with Crippen LogP contribution in [0.3, 0.4) is 0 Å². The van der Waals surface area contributed by atoms with Crippen LogP contribution in [0.4, 0.5) is 0 Å². The summed E-state index contributed by atoms with van der Waals surface area (Å²) >= 11 is 0. The van der Waals surface area contributed by atoms with Gasteiger partial charge in [-0.15, -0.1) is 0 Å². The first-order valence-corrected chi connectivity index (χ1v) is 5.33. The monoisotopic (exact) mass is 208 g/mol. The van der Waals surface area contributed by atoms with Crippen molar-refractivity contribution in [1.29, 1.82) is 5.26 Å². The molecule has 0 spiro atoms. The van der Waals surface area contributed by atoms with Crippen LogP contribution in [0, 0.1) is 16.7 Å². The van der Waals surface area contributed by atoms with E-state index >= 15 is 0 Å². The van der Waals surface area contributed by atoms with Crippen LogP contribution < -0.4 is 0 Å². The number of carbonyl (C=O) groups is 1. The molecule has 2 fully saturated rings. The second kappa shape index (κ2) is 3.21. The Balaban J connectivity index is 2.16. The second-order valence-electron chi connectivity index (χ2n) is 5.02. The van der Waals surface area contributed by atoms with Crippen molar-refractivity contribution in [2.24, 2.45) is 5.41 Å². The Kier molecular flexibility index (Phi) is 2.23. The standard InChI is InChI=1S/C11H16N2O2/c1-10(2)8-15-6-5-13(10)9(14)11(7-12)3-4-11/h3-6,8H2,1-2H3. The lowest BCUT2D eigenvalue weighted by atomic mass is 9.98. The number of carbonyl (C=O) groups excluding carboxylic acids is 1. The van der Waals surface area contributed by atoms with Gasteiger partial charge in [0.25, 0.3) is 0 Å². The average molecular weight is 208 g/mol. The van der Waals surface area contributed by atoms with E-state index in [1.54, 1.807) is 0 Å². The molecule has 1 saturated heterocycles. The minimum Gasteiger partial charge on any atom is -0.377 e. The summed E-state index contributed by atoms with van der Waals surface area (Å²) in [6.07, 6.45) is 1.44. The molecule has 4 nitrogen and oxygen atoms in total. The molecule has 1 aliphatic heterocycles. The Bertz CT molecular complexity index is 326. The highest BCUT2D eigenvalue weighted by Crippen LogP contribution is 2.47. The van der Waals surface area contributed by atoms with Gasteiger partial charge in [0.05, 0.1) is 24.8 Å². The van der Waals surface area contributed by atoms with E-state index < -0.39 is 5.41 Å². The topological polar surface area (TPSA) is 53.3 Å². The van der Waals surface area contributed by atoms with Crippen molar-refractivity contribution >= 4 is 5.91 Å². The van der Waals surface area contributed by atoms with Crippen molar-refractivity contribution in [3.8, 4) is 6.07 Å². The summed E-state index contributed by atoms with van der Waals surface area (Å²) in [6.45, 7) is 5.71. The molecule has 4 heteroatoms. The fourth-order valence-corrected chi connectivity index (χ4v) is 1.99. The van der Waals surface area contributed by atoms with Crippen molar-refractivity contribution in [3.05, 3.63) is 0 Å². The molecule has 82 valence electrons. The van der Waals surface area contributed by atoms with E-state index in [0.717, 1.165) is 12.8 Å². The number of morpholine rings is 1. The SMILES string of the molecule is CC1(C)COCCN1C(=O)C1(C#N)CC1. The Morgan fingerprint density at radius 3 is 2.60 bits per heavy atom. The molecule has 0 aromatic heterocycles. The fraction of sp³-hybridized carbons (Fsp3) is 0.818. The van der Waals surface area contributed by atoms with E-state index in [1.807, 2.05) is 18.7 Å². The molecule has 0 unspecified atom stereocenters. The minimum absolute atomic E-state index is 0.00157. The molecule has 2 rings (SSSR count). The first kappa shape index (κ1) is 10.4. The van der Waals surface area contributed by atoms with Crippen LogP contribution in [0.2, 0.25) is 0 Å². The van der Waals surface area contributed by atoms with Crippen LogP contribution in [0.5, 0.6) is 0 Å². The van der Waals surface area contributed by atoms with Gasteiger partial charge in [-0.2, -0.15) is 5.26 Å². The quantitative estimate of drug-likeness (QED) is 0.644. The van der Waals surface area contributed by atoms with Crippen molar-refractivity contribution < 1.29 is 9.53 Å². The normalized spacial score (nSPS) is 26.9. The highest BCUT2D eigenvalue weighted by molar-refractivity contribution is 5.89. The number of hydrogen-bond donors (Lipinski definition) is 0. The highest BCUT2D eigenvalue weighted by Gasteiger charge is 2.54. The number of amides is 1. The van der Waals surface area contributed by atoms with Crippen LogP contribution in [0.15, 0.2) is 0 Å². The molecule has 0 N–H and O–H groups in total. The maximum Gasteiger partial charge on any atom is 0.243 e. The highest BCUT2D eigenvalue weighted by atomic mass is 16.5. The first-order valence-electron chi connectivity index (χ1n) is 5.33. The van der Waals surface area contributed by atoms with Gasteiger partial charge in [0.1, 0.15) is 5.41 Å². The molecular weight excluding hydrogens is 192 g/mol. The van der Waals surface area contributed by atoms with Gasteiger partial charge >= 0.3 is 0 Å². The Morgan fingerprint density at radius 1 is 1.47 bits per heavy atom. The smallest absolute Gasteiger partial charge is 0.243 e. The van der Waals surface area contributed by atoms with Crippen LogP contribution in [0.25, 0.3) is 0 Å². The third-order valence-electron chi connectivity index (χ3n) is 3.26. The Hall–Kier alpha value is -1.08. The summed E-state index contributed by atoms with van der Waals surface area (Å²) in [4.78, 5) is 14.0. The second-order valence-corrected chi connectivity index (χ2v) is 5.02. The van der Waals surface area contributed by atoms with Gasteiger partial charge in [0.15, 0.2) is 0 Å². The van der Waals surface area contributed by atoms with Gasteiger partial charge in [0.2, 0.25) is 5.91 Å². The molecule has 0 aromatic rings. The number of nitriles is 1. The predicted octanol–water partition coefficient (Wildman–Crippen LogP) is 0.928. The third kappa shape index (κ3) is 1.61. The van der Waals surface area contributed by atoms with Gasteiger partial charge in [-0.25, -0.2) is 0 Å². The molecule has 2 aliphatic rings. The first-order chi connectivity index (χ1) is 7.02.